The van der Waals surface area contributed by atoms with Gasteiger partial charge < -0.3 is 10.6 Å². The second-order valence-corrected chi connectivity index (χ2v) is 6.49. The zero-order valence-corrected chi connectivity index (χ0v) is 12.1. The van der Waals surface area contributed by atoms with E-state index in [0.29, 0.717) is 0 Å². The van der Waals surface area contributed by atoms with E-state index in [1.54, 1.807) is 0 Å². The Morgan fingerprint density at radius 2 is 2.00 bits per heavy atom. The lowest BCUT2D eigenvalue weighted by Gasteiger charge is -2.50. The van der Waals surface area contributed by atoms with Gasteiger partial charge in [-0.25, -0.2) is 0 Å². The molecular formula is C17H26N2. The van der Waals surface area contributed by atoms with Crippen molar-refractivity contribution in [1.82, 2.24) is 0 Å². The lowest BCUT2D eigenvalue weighted by molar-refractivity contribution is 0.232. The van der Waals surface area contributed by atoms with Crippen molar-refractivity contribution < 1.29 is 0 Å². The molecule has 0 atom stereocenters. The molecule has 1 aromatic rings. The van der Waals surface area contributed by atoms with E-state index in [9.17, 15) is 0 Å². The number of hydrogen-bond acceptors (Lipinski definition) is 2. The highest BCUT2D eigenvalue weighted by atomic mass is 15.2. The van der Waals surface area contributed by atoms with Crippen molar-refractivity contribution in [3.63, 3.8) is 0 Å². The predicted octanol–water partition coefficient (Wildman–Crippen LogP) is 3.35. The third-order valence-electron chi connectivity index (χ3n) is 5.27. The third kappa shape index (κ3) is 2.27. The zero-order chi connectivity index (χ0) is 13.3. The molecule has 0 saturated heterocycles. The number of nitrogens with zero attached hydrogens (tertiary/aromatic N) is 1. The minimum Gasteiger partial charge on any atom is -0.364 e. The SMILES string of the molecule is CC1CCC(CN)(N2CCCc3ccccc32)CC1. The molecule has 2 aliphatic rings. The van der Waals surface area contributed by atoms with Crippen molar-refractivity contribution in [2.24, 2.45) is 11.7 Å². The molecule has 0 unspecified atom stereocenters. The maximum absolute atomic E-state index is 6.23. The normalized spacial score (nSPS) is 31.1. The summed E-state index contributed by atoms with van der Waals surface area (Å²) in [6.07, 6.45) is 7.68. The van der Waals surface area contributed by atoms with Crippen molar-refractivity contribution in [2.45, 2.75) is 51.0 Å². The molecule has 0 amide bonds. The standard InChI is InChI=1S/C17H26N2/c1-14-8-10-17(13-18,11-9-14)19-12-4-6-15-5-2-3-7-16(15)19/h2-3,5,7,14H,4,6,8-13,18H2,1H3. The summed E-state index contributed by atoms with van der Waals surface area (Å²) in [5.74, 6) is 0.875. The second kappa shape index (κ2) is 5.16. The van der Waals surface area contributed by atoms with Gasteiger partial charge in [0.05, 0.1) is 5.54 Å². The number of para-hydroxylation sites is 1. The summed E-state index contributed by atoms with van der Waals surface area (Å²) in [4.78, 5) is 2.65. The molecule has 1 aliphatic heterocycles. The third-order valence-corrected chi connectivity index (χ3v) is 5.27. The van der Waals surface area contributed by atoms with E-state index in [2.05, 4.69) is 36.1 Å². The van der Waals surface area contributed by atoms with Crippen molar-refractivity contribution in [2.75, 3.05) is 18.0 Å². The van der Waals surface area contributed by atoms with Crippen LogP contribution in [0.1, 0.15) is 44.6 Å². The molecule has 104 valence electrons. The molecule has 0 bridgehead atoms. The molecular weight excluding hydrogens is 232 g/mol. The van der Waals surface area contributed by atoms with Crippen molar-refractivity contribution >= 4 is 5.69 Å². The lowest BCUT2D eigenvalue weighted by Crippen LogP contribution is -2.57. The summed E-state index contributed by atoms with van der Waals surface area (Å²) in [5.41, 5.74) is 9.42. The van der Waals surface area contributed by atoms with Crippen LogP contribution in [0.2, 0.25) is 0 Å². The van der Waals surface area contributed by atoms with E-state index in [-0.39, 0.29) is 5.54 Å². The first kappa shape index (κ1) is 13.0. The van der Waals surface area contributed by atoms with Gasteiger partial charge in [0, 0.05) is 18.8 Å². The largest absolute Gasteiger partial charge is 0.364 e. The van der Waals surface area contributed by atoms with Crippen LogP contribution in [-0.2, 0) is 6.42 Å². The Morgan fingerprint density at radius 1 is 1.26 bits per heavy atom. The summed E-state index contributed by atoms with van der Waals surface area (Å²) in [7, 11) is 0. The van der Waals surface area contributed by atoms with Gasteiger partial charge in [-0.15, -0.1) is 0 Å². The molecule has 1 saturated carbocycles. The highest BCUT2D eigenvalue weighted by Crippen LogP contribution is 2.41. The van der Waals surface area contributed by atoms with Crippen molar-refractivity contribution in [3.8, 4) is 0 Å². The van der Waals surface area contributed by atoms with E-state index in [0.717, 1.165) is 12.5 Å². The fourth-order valence-electron chi connectivity index (χ4n) is 3.91. The number of rotatable bonds is 2. The average Bonchev–Trinajstić information content (AvgIpc) is 2.48. The monoisotopic (exact) mass is 258 g/mol. The summed E-state index contributed by atoms with van der Waals surface area (Å²) < 4.78 is 0. The van der Waals surface area contributed by atoms with E-state index in [4.69, 9.17) is 5.73 Å². The smallest absolute Gasteiger partial charge is 0.0524 e. The highest BCUT2D eigenvalue weighted by molar-refractivity contribution is 5.57. The molecule has 1 heterocycles. The molecule has 2 nitrogen and oxygen atoms in total. The van der Waals surface area contributed by atoms with Gasteiger partial charge in [-0.3, -0.25) is 0 Å². The molecule has 19 heavy (non-hydrogen) atoms. The molecule has 0 spiro atoms. The Kier molecular flexibility index (Phi) is 3.53. The Balaban J connectivity index is 1.93. The predicted molar refractivity (Wildman–Crippen MR) is 81.5 cm³/mol. The topological polar surface area (TPSA) is 29.3 Å². The van der Waals surface area contributed by atoms with Gasteiger partial charge in [0.2, 0.25) is 0 Å². The van der Waals surface area contributed by atoms with Gasteiger partial charge in [0.15, 0.2) is 0 Å². The summed E-state index contributed by atoms with van der Waals surface area (Å²) in [6.45, 7) is 4.36. The number of nitrogens with two attached hydrogens (primary N) is 1. The van der Waals surface area contributed by atoms with Crippen molar-refractivity contribution in [1.29, 1.82) is 0 Å². The first-order chi connectivity index (χ1) is 9.25. The van der Waals surface area contributed by atoms with Crippen LogP contribution in [0.3, 0.4) is 0 Å². The molecule has 1 aromatic carbocycles. The van der Waals surface area contributed by atoms with Gasteiger partial charge in [-0.1, -0.05) is 25.1 Å². The minimum atomic E-state index is 0.225. The number of fused-ring (bicyclic) bond motifs is 1. The molecule has 2 heteroatoms. The summed E-state index contributed by atoms with van der Waals surface area (Å²) in [5, 5.41) is 0. The van der Waals surface area contributed by atoms with E-state index in [1.807, 2.05) is 0 Å². The zero-order valence-electron chi connectivity index (χ0n) is 12.1. The van der Waals surface area contributed by atoms with Gasteiger partial charge in [-0.2, -0.15) is 0 Å². The molecule has 0 aromatic heterocycles. The van der Waals surface area contributed by atoms with Crippen LogP contribution in [0, 0.1) is 5.92 Å². The number of aryl methyl sites for hydroxylation is 1. The molecule has 3 rings (SSSR count). The Bertz CT molecular complexity index is 433. The first-order valence-electron chi connectivity index (χ1n) is 7.81. The van der Waals surface area contributed by atoms with Gasteiger partial charge in [0.1, 0.15) is 0 Å². The fourth-order valence-corrected chi connectivity index (χ4v) is 3.91. The average molecular weight is 258 g/mol. The Morgan fingerprint density at radius 3 is 2.74 bits per heavy atom. The van der Waals surface area contributed by atoms with E-state index >= 15 is 0 Å². The second-order valence-electron chi connectivity index (χ2n) is 6.49. The number of benzene rings is 1. The molecule has 0 radical (unpaired) electrons. The van der Waals surface area contributed by atoms with Crippen LogP contribution in [0.25, 0.3) is 0 Å². The van der Waals surface area contributed by atoms with Crippen LogP contribution < -0.4 is 10.6 Å². The Hall–Kier alpha value is -1.02. The van der Waals surface area contributed by atoms with Crippen LogP contribution in [0.5, 0.6) is 0 Å². The number of hydrogen-bond donors (Lipinski definition) is 1. The van der Waals surface area contributed by atoms with Crippen molar-refractivity contribution in [3.05, 3.63) is 29.8 Å². The van der Waals surface area contributed by atoms with Crippen LogP contribution in [-0.4, -0.2) is 18.6 Å². The van der Waals surface area contributed by atoms with E-state index in [1.165, 1.54) is 56.3 Å². The highest BCUT2D eigenvalue weighted by Gasteiger charge is 2.39. The van der Waals surface area contributed by atoms with Gasteiger partial charge >= 0.3 is 0 Å². The quantitative estimate of drug-likeness (QED) is 0.881. The maximum Gasteiger partial charge on any atom is 0.0524 e. The van der Waals surface area contributed by atoms with Crippen LogP contribution in [0.15, 0.2) is 24.3 Å². The molecule has 2 N–H and O–H groups in total. The number of anilines is 1. The lowest BCUT2D eigenvalue weighted by atomic mass is 9.75. The van der Waals surface area contributed by atoms with Gasteiger partial charge in [0.25, 0.3) is 0 Å². The Labute approximate surface area is 117 Å². The fraction of sp³-hybridized carbons (Fsp3) is 0.647. The minimum absolute atomic E-state index is 0.225. The molecule has 1 fully saturated rings. The van der Waals surface area contributed by atoms with Crippen LogP contribution in [0.4, 0.5) is 5.69 Å². The molecule has 1 aliphatic carbocycles. The van der Waals surface area contributed by atoms with Gasteiger partial charge in [-0.05, 0) is 56.1 Å². The first-order valence-corrected chi connectivity index (χ1v) is 7.81. The maximum atomic E-state index is 6.23. The summed E-state index contributed by atoms with van der Waals surface area (Å²) in [6, 6.07) is 8.92. The van der Waals surface area contributed by atoms with Crippen LogP contribution >= 0.6 is 0 Å². The summed E-state index contributed by atoms with van der Waals surface area (Å²) >= 11 is 0. The van der Waals surface area contributed by atoms with E-state index < -0.39 is 0 Å².